The molecule has 0 saturated carbocycles. The summed E-state index contributed by atoms with van der Waals surface area (Å²) in [4.78, 5) is 26.8. The molecule has 1 aliphatic rings. The molecule has 3 rings (SSSR count). The maximum Gasteiger partial charge on any atom is 0.303 e. The molecule has 6 heteroatoms. The van der Waals surface area contributed by atoms with Crippen LogP contribution >= 0.6 is 11.3 Å². The Labute approximate surface area is 164 Å². The van der Waals surface area contributed by atoms with Crippen LogP contribution in [0, 0.1) is 5.92 Å². The lowest BCUT2D eigenvalue weighted by Gasteiger charge is -2.32. The summed E-state index contributed by atoms with van der Waals surface area (Å²) in [5, 5.41) is 14.1. The molecule has 0 bridgehead atoms. The largest absolute Gasteiger partial charge is 0.481 e. The zero-order valence-corrected chi connectivity index (χ0v) is 16.2. The van der Waals surface area contributed by atoms with Crippen molar-refractivity contribution in [2.24, 2.45) is 5.92 Å². The summed E-state index contributed by atoms with van der Waals surface area (Å²) in [5.41, 5.74) is 1.08. The topological polar surface area (TPSA) is 69.6 Å². The number of aliphatic carboxylic acids is 1. The van der Waals surface area contributed by atoms with E-state index in [9.17, 15) is 9.59 Å². The average Bonchev–Trinajstić information content (AvgIpc) is 3.20. The highest BCUT2D eigenvalue weighted by atomic mass is 32.1. The molecule has 1 aromatic carbocycles. The van der Waals surface area contributed by atoms with E-state index in [1.165, 1.54) is 0 Å². The first-order chi connectivity index (χ1) is 13.1. The summed E-state index contributed by atoms with van der Waals surface area (Å²) in [6.07, 6.45) is 2.96. The van der Waals surface area contributed by atoms with E-state index in [4.69, 9.17) is 5.11 Å². The van der Waals surface area contributed by atoms with Gasteiger partial charge in [-0.25, -0.2) is 0 Å². The van der Waals surface area contributed by atoms with E-state index in [1.54, 1.807) is 11.3 Å². The summed E-state index contributed by atoms with van der Waals surface area (Å²) in [5.74, 6) is -0.368. The van der Waals surface area contributed by atoms with Gasteiger partial charge >= 0.3 is 5.97 Å². The Kier molecular flexibility index (Phi) is 7.01. The number of carboxylic acids is 1. The van der Waals surface area contributed by atoms with Crippen LogP contribution in [0.2, 0.25) is 0 Å². The van der Waals surface area contributed by atoms with Crippen molar-refractivity contribution in [2.75, 3.05) is 19.6 Å². The van der Waals surface area contributed by atoms with Gasteiger partial charge in [0.15, 0.2) is 0 Å². The van der Waals surface area contributed by atoms with Crippen molar-refractivity contribution in [3.8, 4) is 0 Å². The maximum atomic E-state index is 12.7. The number of carbonyl (C=O) groups excluding carboxylic acids is 1. The van der Waals surface area contributed by atoms with Crippen molar-refractivity contribution < 1.29 is 14.7 Å². The molecule has 1 aliphatic heterocycles. The summed E-state index contributed by atoms with van der Waals surface area (Å²) < 4.78 is 0. The van der Waals surface area contributed by atoms with Gasteiger partial charge in [-0.3, -0.25) is 14.5 Å². The number of carboxylic acid groups (broad SMARTS) is 1. The molecule has 1 aromatic heterocycles. The van der Waals surface area contributed by atoms with Gasteiger partial charge in [-0.15, -0.1) is 11.3 Å². The summed E-state index contributed by atoms with van der Waals surface area (Å²) in [7, 11) is 0. The van der Waals surface area contributed by atoms with Crippen LogP contribution in [0.5, 0.6) is 0 Å². The highest BCUT2D eigenvalue weighted by Gasteiger charge is 2.24. The zero-order valence-electron chi connectivity index (χ0n) is 15.3. The first-order valence-electron chi connectivity index (χ1n) is 9.43. The Hall–Kier alpha value is -2.18. The zero-order chi connectivity index (χ0) is 19.1. The van der Waals surface area contributed by atoms with E-state index in [1.807, 2.05) is 47.8 Å². The van der Waals surface area contributed by atoms with Crippen LogP contribution in [-0.2, 0) is 9.59 Å². The predicted molar refractivity (Wildman–Crippen MR) is 107 cm³/mol. The van der Waals surface area contributed by atoms with Crippen molar-refractivity contribution in [1.29, 1.82) is 0 Å². The summed E-state index contributed by atoms with van der Waals surface area (Å²) in [6, 6.07) is 13.9. The van der Waals surface area contributed by atoms with Crippen LogP contribution in [0.1, 0.15) is 42.2 Å². The van der Waals surface area contributed by atoms with Crippen molar-refractivity contribution >= 4 is 23.2 Å². The normalized spacial score (nSPS) is 18.7. The SMILES string of the molecule is O=C(O)CCC1CCCN(CC(=O)NC(c2ccccc2)c2cccs2)C1. The highest BCUT2D eigenvalue weighted by molar-refractivity contribution is 7.10. The lowest BCUT2D eigenvalue weighted by atomic mass is 9.93. The van der Waals surface area contributed by atoms with Gasteiger partial charge in [0, 0.05) is 17.8 Å². The third-order valence-corrected chi connectivity index (χ3v) is 5.94. The quantitative estimate of drug-likeness (QED) is 0.728. The average molecular weight is 387 g/mol. The highest BCUT2D eigenvalue weighted by Crippen LogP contribution is 2.26. The molecule has 5 nitrogen and oxygen atoms in total. The number of amides is 1. The summed E-state index contributed by atoms with van der Waals surface area (Å²) in [6.45, 7) is 2.06. The Morgan fingerprint density at radius 2 is 2.04 bits per heavy atom. The van der Waals surface area contributed by atoms with Gasteiger partial charge in [0.25, 0.3) is 0 Å². The molecule has 2 unspecified atom stereocenters. The van der Waals surface area contributed by atoms with E-state index in [0.29, 0.717) is 18.9 Å². The molecule has 1 saturated heterocycles. The molecule has 1 amide bonds. The standard InChI is InChI=1S/C21H26N2O3S/c24-19(15-23-12-4-6-16(14-23)10-11-20(25)26)22-21(18-9-5-13-27-18)17-7-2-1-3-8-17/h1-3,5,7-9,13,16,21H,4,6,10-12,14-15H2,(H,22,24)(H,25,26). The van der Waals surface area contributed by atoms with Gasteiger partial charge in [0.2, 0.25) is 5.91 Å². The molecule has 27 heavy (non-hydrogen) atoms. The van der Waals surface area contributed by atoms with E-state index < -0.39 is 5.97 Å². The number of thiophene rings is 1. The molecule has 2 aromatic rings. The van der Waals surface area contributed by atoms with E-state index >= 15 is 0 Å². The molecule has 2 N–H and O–H groups in total. The third-order valence-electron chi connectivity index (χ3n) is 5.00. The Morgan fingerprint density at radius 1 is 1.22 bits per heavy atom. The van der Waals surface area contributed by atoms with Crippen molar-refractivity contribution in [2.45, 2.75) is 31.7 Å². The number of rotatable bonds is 8. The second kappa shape index (κ2) is 9.67. The minimum Gasteiger partial charge on any atom is -0.481 e. The number of likely N-dealkylation sites (tertiary alicyclic amines) is 1. The monoisotopic (exact) mass is 386 g/mol. The number of piperidine rings is 1. The van der Waals surface area contributed by atoms with Crippen molar-refractivity contribution in [3.05, 3.63) is 58.3 Å². The second-order valence-electron chi connectivity index (χ2n) is 7.10. The number of hydrogen-bond donors (Lipinski definition) is 2. The minimum absolute atomic E-state index is 0.0103. The number of benzene rings is 1. The first-order valence-corrected chi connectivity index (χ1v) is 10.3. The maximum absolute atomic E-state index is 12.7. The van der Waals surface area contributed by atoms with Crippen LogP contribution in [0.3, 0.4) is 0 Å². The van der Waals surface area contributed by atoms with E-state index in [2.05, 4.69) is 10.2 Å². The van der Waals surface area contributed by atoms with Crippen LogP contribution in [0.15, 0.2) is 47.8 Å². The molecule has 0 spiro atoms. The molecule has 2 heterocycles. The second-order valence-corrected chi connectivity index (χ2v) is 8.08. The lowest BCUT2D eigenvalue weighted by molar-refractivity contribution is -0.137. The van der Waals surface area contributed by atoms with Crippen LogP contribution < -0.4 is 5.32 Å². The van der Waals surface area contributed by atoms with Crippen LogP contribution in [-0.4, -0.2) is 41.5 Å². The fraction of sp³-hybridized carbons (Fsp3) is 0.429. The molecular formula is C21H26N2O3S. The number of nitrogens with zero attached hydrogens (tertiary/aromatic N) is 1. The molecule has 0 radical (unpaired) electrons. The Morgan fingerprint density at radius 3 is 2.74 bits per heavy atom. The van der Waals surface area contributed by atoms with Gasteiger partial charge in [0.05, 0.1) is 12.6 Å². The van der Waals surface area contributed by atoms with Crippen LogP contribution in [0.25, 0.3) is 0 Å². The predicted octanol–water partition coefficient (Wildman–Crippen LogP) is 3.53. The lowest BCUT2D eigenvalue weighted by Crippen LogP contribution is -2.43. The van der Waals surface area contributed by atoms with Crippen LogP contribution in [0.4, 0.5) is 0 Å². The Balaban J connectivity index is 1.59. The number of nitrogens with one attached hydrogen (secondary N) is 1. The van der Waals surface area contributed by atoms with Gasteiger partial charge in [-0.1, -0.05) is 36.4 Å². The van der Waals surface area contributed by atoms with Gasteiger partial charge < -0.3 is 10.4 Å². The summed E-state index contributed by atoms with van der Waals surface area (Å²) >= 11 is 1.64. The van der Waals surface area contributed by atoms with E-state index in [0.717, 1.165) is 36.4 Å². The number of carbonyl (C=O) groups is 2. The first kappa shape index (κ1) is 19.6. The van der Waals surface area contributed by atoms with Gasteiger partial charge in [-0.2, -0.15) is 0 Å². The van der Waals surface area contributed by atoms with Crippen molar-refractivity contribution in [3.63, 3.8) is 0 Å². The molecule has 0 aliphatic carbocycles. The molecule has 1 fully saturated rings. The van der Waals surface area contributed by atoms with E-state index in [-0.39, 0.29) is 18.4 Å². The van der Waals surface area contributed by atoms with Crippen molar-refractivity contribution in [1.82, 2.24) is 10.2 Å². The molecule has 144 valence electrons. The number of hydrogen-bond acceptors (Lipinski definition) is 4. The minimum atomic E-state index is -0.744. The molecule has 2 atom stereocenters. The van der Waals surface area contributed by atoms with Gasteiger partial charge in [-0.05, 0) is 48.7 Å². The molecular weight excluding hydrogens is 360 g/mol. The fourth-order valence-corrected chi connectivity index (χ4v) is 4.49. The smallest absolute Gasteiger partial charge is 0.303 e. The fourth-order valence-electron chi connectivity index (χ4n) is 3.69. The third kappa shape index (κ3) is 5.91. The Bertz CT molecular complexity index is 733. The van der Waals surface area contributed by atoms with Gasteiger partial charge in [0.1, 0.15) is 0 Å².